The lowest BCUT2D eigenvalue weighted by Crippen LogP contribution is -2.32. The van der Waals surface area contributed by atoms with E-state index in [4.69, 9.17) is 9.97 Å². The molecule has 54 heavy (non-hydrogen) atoms. The molecule has 0 saturated heterocycles. The van der Waals surface area contributed by atoms with Crippen molar-refractivity contribution in [3.63, 3.8) is 0 Å². The Morgan fingerprint density at radius 1 is 0.352 bits per heavy atom. The van der Waals surface area contributed by atoms with Crippen LogP contribution in [0.2, 0.25) is 0 Å². The molecule has 1 aromatic heterocycles. The zero-order chi connectivity index (χ0) is 35.6. The van der Waals surface area contributed by atoms with E-state index in [1.165, 1.54) is 59.9 Å². The Bertz CT molecular complexity index is 2870. The fourth-order valence-electron chi connectivity index (χ4n) is 8.75. The van der Waals surface area contributed by atoms with Crippen LogP contribution in [0.3, 0.4) is 0 Å². The molecule has 0 fully saturated rings. The van der Waals surface area contributed by atoms with Crippen LogP contribution in [-0.4, -0.2) is 9.97 Å². The summed E-state index contributed by atoms with van der Waals surface area (Å²) in [5.41, 5.74) is 16.4. The molecule has 0 bridgehead atoms. The van der Waals surface area contributed by atoms with Crippen molar-refractivity contribution in [2.45, 2.75) is 15.2 Å². The van der Waals surface area contributed by atoms with Gasteiger partial charge < -0.3 is 0 Å². The van der Waals surface area contributed by atoms with Crippen LogP contribution in [0.25, 0.3) is 66.9 Å². The second-order valence-electron chi connectivity index (χ2n) is 14.1. The van der Waals surface area contributed by atoms with Gasteiger partial charge in [-0.1, -0.05) is 176 Å². The van der Waals surface area contributed by atoms with Gasteiger partial charge in [-0.05, 0) is 86.0 Å². The molecule has 1 spiro atoms. The average Bonchev–Trinajstić information content (AvgIpc) is 3.54. The summed E-state index contributed by atoms with van der Waals surface area (Å²) in [5, 5.41) is 1.04. The largest absolute Gasteiger partial charge is 0.228 e. The molecule has 2 nitrogen and oxygen atoms in total. The van der Waals surface area contributed by atoms with Crippen LogP contribution >= 0.6 is 11.8 Å². The minimum Gasteiger partial charge on any atom is -0.228 e. The highest BCUT2D eigenvalue weighted by atomic mass is 32.2. The highest BCUT2D eigenvalue weighted by molar-refractivity contribution is 7.99. The van der Waals surface area contributed by atoms with Gasteiger partial charge in [0.15, 0.2) is 5.82 Å². The van der Waals surface area contributed by atoms with Gasteiger partial charge >= 0.3 is 0 Å². The molecule has 1 aliphatic carbocycles. The smallest absolute Gasteiger partial charge is 0.160 e. The minimum absolute atomic E-state index is 0.383. The van der Waals surface area contributed by atoms with Gasteiger partial charge in [-0.15, -0.1) is 0 Å². The first kappa shape index (κ1) is 31.0. The molecule has 11 rings (SSSR count). The summed E-state index contributed by atoms with van der Waals surface area (Å²) in [6.45, 7) is 0. The van der Waals surface area contributed by atoms with E-state index < -0.39 is 0 Å². The summed E-state index contributed by atoms with van der Waals surface area (Å²) in [7, 11) is 0. The first-order chi connectivity index (χ1) is 26.8. The van der Waals surface area contributed by atoms with Crippen molar-refractivity contribution in [1.82, 2.24) is 9.97 Å². The van der Waals surface area contributed by atoms with Crippen molar-refractivity contribution >= 4 is 22.7 Å². The molecule has 0 N–H and O–H groups in total. The number of benzene rings is 8. The molecule has 0 saturated carbocycles. The number of rotatable bonds is 4. The Morgan fingerprint density at radius 3 is 1.67 bits per heavy atom. The molecule has 0 atom stereocenters. The zero-order valence-corrected chi connectivity index (χ0v) is 30.1. The molecule has 252 valence electrons. The Labute approximate surface area is 318 Å². The lowest BCUT2D eigenvalue weighted by molar-refractivity contribution is 0.723. The molecule has 9 aromatic rings. The molecule has 2 aliphatic rings. The summed E-state index contributed by atoms with van der Waals surface area (Å²) in [6.07, 6.45) is 0. The van der Waals surface area contributed by atoms with Crippen molar-refractivity contribution < 1.29 is 0 Å². The third-order valence-electron chi connectivity index (χ3n) is 11.2. The van der Waals surface area contributed by atoms with E-state index in [-0.39, 0.29) is 5.41 Å². The van der Waals surface area contributed by atoms with E-state index in [0.29, 0.717) is 0 Å². The second-order valence-corrected chi connectivity index (χ2v) is 15.2. The molecule has 0 radical (unpaired) electrons. The predicted octanol–water partition coefficient (Wildman–Crippen LogP) is 13.1. The standard InChI is InChI=1S/C51H32N2S/c1-2-13-35(14-3-1)50-52-46-23-10-6-19-41(46)49(53-50)38-16-12-15-36(31-38)33-25-27-34(28-26-33)37-29-30-48-45(32-37)51(44-22-9-11-24-47(44)54-48)42-20-7-4-17-39(42)40-18-5-8-21-43(40)51/h1-32H. The Morgan fingerprint density at radius 2 is 0.907 bits per heavy atom. The van der Waals surface area contributed by atoms with Crippen LogP contribution in [0.5, 0.6) is 0 Å². The van der Waals surface area contributed by atoms with Crippen molar-refractivity contribution in [2.24, 2.45) is 0 Å². The van der Waals surface area contributed by atoms with Crippen LogP contribution in [0.4, 0.5) is 0 Å². The maximum atomic E-state index is 5.12. The van der Waals surface area contributed by atoms with E-state index in [2.05, 4.69) is 170 Å². The van der Waals surface area contributed by atoms with E-state index in [1.54, 1.807) is 0 Å². The fourth-order valence-corrected chi connectivity index (χ4v) is 9.92. The summed E-state index contributed by atoms with van der Waals surface area (Å²) in [5.74, 6) is 0.734. The number of fused-ring (bicyclic) bond motifs is 10. The fraction of sp³-hybridized carbons (Fsp3) is 0.0196. The number of para-hydroxylation sites is 1. The monoisotopic (exact) mass is 704 g/mol. The van der Waals surface area contributed by atoms with Crippen LogP contribution < -0.4 is 0 Å². The van der Waals surface area contributed by atoms with Crippen LogP contribution in [0.15, 0.2) is 204 Å². The van der Waals surface area contributed by atoms with E-state index in [0.717, 1.165) is 39.1 Å². The topological polar surface area (TPSA) is 25.8 Å². The van der Waals surface area contributed by atoms with Gasteiger partial charge in [0.1, 0.15) is 0 Å². The summed E-state index contributed by atoms with van der Waals surface area (Å²) in [4.78, 5) is 12.7. The molecular weight excluding hydrogens is 673 g/mol. The molecule has 0 unspecified atom stereocenters. The molecule has 8 aromatic carbocycles. The molecule has 3 heteroatoms. The van der Waals surface area contributed by atoms with Crippen molar-refractivity contribution in [2.75, 3.05) is 0 Å². The molecule has 2 heterocycles. The normalized spacial score (nSPS) is 13.3. The minimum atomic E-state index is -0.383. The molecular formula is C51H32N2S. The predicted molar refractivity (Wildman–Crippen MR) is 223 cm³/mol. The van der Waals surface area contributed by atoms with E-state index >= 15 is 0 Å². The van der Waals surface area contributed by atoms with Crippen LogP contribution in [0.1, 0.15) is 22.3 Å². The third-order valence-corrected chi connectivity index (χ3v) is 12.3. The van der Waals surface area contributed by atoms with Crippen LogP contribution in [0, 0.1) is 0 Å². The summed E-state index contributed by atoms with van der Waals surface area (Å²) < 4.78 is 0. The van der Waals surface area contributed by atoms with Gasteiger partial charge in [0.25, 0.3) is 0 Å². The second kappa shape index (κ2) is 12.3. The van der Waals surface area contributed by atoms with Gasteiger partial charge in [-0.25, -0.2) is 9.97 Å². The highest BCUT2D eigenvalue weighted by Crippen LogP contribution is 2.62. The highest BCUT2D eigenvalue weighted by Gasteiger charge is 2.50. The Balaban J connectivity index is 1.00. The first-order valence-corrected chi connectivity index (χ1v) is 19.2. The number of hydrogen-bond donors (Lipinski definition) is 0. The lowest BCUT2D eigenvalue weighted by Gasteiger charge is -2.40. The van der Waals surface area contributed by atoms with E-state index in [9.17, 15) is 0 Å². The third kappa shape index (κ3) is 4.68. The van der Waals surface area contributed by atoms with Gasteiger partial charge in [0.05, 0.1) is 16.6 Å². The van der Waals surface area contributed by atoms with Gasteiger partial charge in [0, 0.05) is 26.3 Å². The maximum absolute atomic E-state index is 5.12. The Kier molecular flexibility index (Phi) is 7.05. The van der Waals surface area contributed by atoms with E-state index in [1.807, 2.05) is 36.0 Å². The lowest BCUT2D eigenvalue weighted by atomic mass is 9.67. The zero-order valence-electron chi connectivity index (χ0n) is 29.3. The molecule has 1 aliphatic heterocycles. The van der Waals surface area contributed by atoms with Gasteiger partial charge in [-0.3, -0.25) is 0 Å². The Hall–Kier alpha value is -6.55. The number of aromatic nitrogens is 2. The van der Waals surface area contributed by atoms with Gasteiger partial charge in [0.2, 0.25) is 0 Å². The van der Waals surface area contributed by atoms with Crippen molar-refractivity contribution in [1.29, 1.82) is 0 Å². The van der Waals surface area contributed by atoms with Gasteiger partial charge in [-0.2, -0.15) is 0 Å². The quantitative estimate of drug-likeness (QED) is 0.182. The molecule has 0 amide bonds. The number of hydrogen-bond acceptors (Lipinski definition) is 3. The first-order valence-electron chi connectivity index (χ1n) is 18.4. The van der Waals surface area contributed by atoms with Crippen LogP contribution in [-0.2, 0) is 5.41 Å². The SMILES string of the molecule is c1ccc(-c2nc(-c3cccc(-c4ccc(-c5ccc6c(c5)C5(c7ccccc7S6)c6ccccc6-c6ccccc65)cc4)c3)c3ccccc3n2)cc1. The van der Waals surface area contributed by atoms with Crippen molar-refractivity contribution in [3.8, 4) is 56.0 Å². The maximum Gasteiger partial charge on any atom is 0.160 e. The average molecular weight is 705 g/mol. The summed E-state index contributed by atoms with van der Waals surface area (Å²) >= 11 is 1.89. The summed E-state index contributed by atoms with van der Waals surface area (Å²) in [6, 6.07) is 70.3. The van der Waals surface area contributed by atoms with Crippen molar-refractivity contribution in [3.05, 3.63) is 216 Å². The number of nitrogens with zero attached hydrogens (tertiary/aromatic N) is 2.